The van der Waals surface area contributed by atoms with Gasteiger partial charge >= 0.3 is 5.97 Å². The highest BCUT2D eigenvalue weighted by Gasteiger charge is 2.14. The molecule has 0 aromatic heterocycles. The van der Waals surface area contributed by atoms with Crippen molar-refractivity contribution in [2.24, 2.45) is 0 Å². The van der Waals surface area contributed by atoms with E-state index in [0.29, 0.717) is 5.75 Å². The van der Waals surface area contributed by atoms with E-state index in [9.17, 15) is 4.79 Å². The van der Waals surface area contributed by atoms with E-state index < -0.39 is 12.1 Å². The van der Waals surface area contributed by atoms with Crippen molar-refractivity contribution in [1.29, 1.82) is 0 Å². The highest BCUT2D eigenvalue weighted by Crippen LogP contribution is 2.18. The Morgan fingerprint density at radius 2 is 2.21 bits per heavy atom. The van der Waals surface area contributed by atoms with Gasteiger partial charge in [-0.25, -0.2) is 4.79 Å². The third-order valence-electron chi connectivity index (χ3n) is 1.66. The highest BCUT2D eigenvalue weighted by molar-refractivity contribution is 5.74. The number of phenolic OH excluding ortho intramolecular Hbond substituents is 1. The van der Waals surface area contributed by atoms with E-state index >= 15 is 0 Å². The average Bonchev–Trinajstić information content (AvgIpc) is 2.16. The molecule has 1 aromatic carbocycles. The van der Waals surface area contributed by atoms with Gasteiger partial charge in [0.1, 0.15) is 11.5 Å². The first kappa shape index (κ1) is 10.4. The molecule has 1 N–H and O–H groups in total. The van der Waals surface area contributed by atoms with Gasteiger partial charge in [-0.2, -0.15) is 0 Å². The van der Waals surface area contributed by atoms with E-state index in [0.717, 1.165) is 0 Å². The van der Waals surface area contributed by atoms with E-state index in [-0.39, 0.29) is 5.75 Å². The van der Waals surface area contributed by atoms with E-state index in [1.807, 2.05) is 0 Å². The topological polar surface area (TPSA) is 55.8 Å². The Hall–Kier alpha value is -1.71. The van der Waals surface area contributed by atoms with Gasteiger partial charge in [0.2, 0.25) is 0 Å². The van der Waals surface area contributed by atoms with Crippen LogP contribution in [-0.2, 0) is 9.53 Å². The molecule has 0 aliphatic carbocycles. The number of aromatic hydroxyl groups is 1. The zero-order chi connectivity index (χ0) is 10.6. The monoisotopic (exact) mass is 196 g/mol. The maximum absolute atomic E-state index is 11.0. The van der Waals surface area contributed by atoms with Crippen LogP contribution in [-0.4, -0.2) is 24.3 Å². The highest BCUT2D eigenvalue weighted by atomic mass is 16.6. The number of phenols is 1. The zero-order valence-electron chi connectivity index (χ0n) is 8.06. The van der Waals surface area contributed by atoms with Crippen molar-refractivity contribution in [3.8, 4) is 11.5 Å². The number of rotatable bonds is 3. The summed E-state index contributed by atoms with van der Waals surface area (Å²) in [6, 6.07) is 6.24. The summed E-state index contributed by atoms with van der Waals surface area (Å²) < 4.78 is 9.70. The number of carbonyl (C=O) groups is 1. The molecule has 4 heteroatoms. The molecule has 0 heterocycles. The first-order valence-electron chi connectivity index (χ1n) is 4.17. The van der Waals surface area contributed by atoms with Crippen LogP contribution in [0.3, 0.4) is 0 Å². The maximum atomic E-state index is 11.0. The van der Waals surface area contributed by atoms with Crippen LogP contribution in [0.1, 0.15) is 6.92 Å². The Bertz CT molecular complexity index is 322. The lowest BCUT2D eigenvalue weighted by atomic mass is 10.3. The fourth-order valence-corrected chi connectivity index (χ4v) is 0.975. The molecule has 0 bridgehead atoms. The molecule has 0 saturated heterocycles. The fraction of sp³-hybridized carbons (Fsp3) is 0.300. The molecule has 14 heavy (non-hydrogen) atoms. The molecule has 0 radical (unpaired) electrons. The van der Waals surface area contributed by atoms with Crippen LogP contribution in [0.5, 0.6) is 11.5 Å². The maximum Gasteiger partial charge on any atom is 0.346 e. The number of hydrogen-bond acceptors (Lipinski definition) is 4. The summed E-state index contributed by atoms with van der Waals surface area (Å²) >= 11 is 0. The quantitative estimate of drug-likeness (QED) is 0.741. The molecule has 1 atom stereocenters. The van der Waals surface area contributed by atoms with Gasteiger partial charge in [0.25, 0.3) is 0 Å². The predicted octanol–water partition coefficient (Wildman–Crippen LogP) is 1.33. The van der Waals surface area contributed by atoms with Gasteiger partial charge in [0.15, 0.2) is 6.10 Å². The van der Waals surface area contributed by atoms with Crippen LogP contribution in [0.25, 0.3) is 0 Å². The molecule has 1 aromatic rings. The van der Waals surface area contributed by atoms with Gasteiger partial charge < -0.3 is 14.6 Å². The first-order valence-corrected chi connectivity index (χ1v) is 4.17. The number of hydrogen-bond donors (Lipinski definition) is 1. The lowest BCUT2D eigenvalue weighted by Gasteiger charge is -2.12. The van der Waals surface area contributed by atoms with Crippen molar-refractivity contribution in [1.82, 2.24) is 0 Å². The van der Waals surface area contributed by atoms with Crippen molar-refractivity contribution < 1.29 is 19.4 Å². The van der Waals surface area contributed by atoms with Crippen LogP contribution < -0.4 is 4.74 Å². The first-order chi connectivity index (χ1) is 6.63. The number of carbonyl (C=O) groups excluding carboxylic acids is 1. The van der Waals surface area contributed by atoms with Gasteiger partial charge in [-0.1, -0.05) is 6.07 Å². The van der Waals surface area contributed by atoms with Crippen LogP contribution in [0.15, 0.2) is 24.3 Å². The minimum absolute atomic E-state index is 0.0968. The second-order valence-corrected chi connectivity index (χ2v) is 2.78. The summed E-state index contributed by atoms with van der Waals surface area (Å²) in [5.74, 6) is 0.0795. The minimum Gasteiger partial charge on any atom is -0.508 e. The van der Waals surface area contributed by atoms with Gasteiger partial charge in [-0.05, 0) is 19.1 Å². The second kappa shape index (κ2) is 4.50. The van der Waals surface area contributed by atoms with Crippen molar-refractivity contribution in [2.45, 2.75) is 13.0 Å². The molecule has 0 amide bonds. The summed E-state index contributed by atoms with van der Waals surface area (Å²) in [6.45, 7) is 1.58. The number of ether oxygens (including phenoxy) is 2. The second-order valence-electron chi connectivity index (χ2n) is 2.78. The summed E-state index contributed by atoms with van der Waals surface area (Å²) in [6.07, 6.45) is -0.679. The molecule has 4 nitrogen and oxygen atoms in total. The lowest BCUT2D eigenvalue weighted by Crippen LogP contribution is -2.24. The van der Waals surface area contributed by atoms with Gasteiger partial charge in [0.05, 0.1) is 7.11 Å². The molecule has 0 aliphatic heterocycles. The number of benzene rings is 1. The van der Waals surface area contributed by atoms with Gasteiger partial charge in [0, 0.05) is 6.07 Å². The Morgan fingerprint density at radius 1 is 1.50 bits per heavy atom. The van der Waals surface area contributed by atoms with Crippen LogP contribution in [0.2, 0.25) is 0 Å². The largest absolute Gasteiger partial charge is 0.508 e. The fourth-order valence-electron chi connectivity index (χ4n) is 0.975. The SMILES string of the molecule is COC(=O)C(C)Oc1cccc(O)c1. The van der Waals surface area contributed by atoms with Crippen molar-refractivity contribution in [3.05, 3.63) is 24.3 Å². The van der Waals surface area contributed by atoms with Crippen LogP contribution in [0, 0.1) is 0 Å². The van der Waals surface area contributed by atoms with Crippen molar-refractivity contribution in [3.63, 3.8) is 0 Å². The third kappa shape index (κ3) is 2.65. The standard InChI is InChI=1S/C10H12O4/c1-7(10(12)13-2)14-9-5-3-4-8(11)6-9/h3-7,11H,1-2H3. The summed E-state index contributed by atoms with van der Waals surface area (Å²) in [5.41, 5.74) is 0. The average molecular weight is 196 g/mol. The molecule has 1 unspecified atom stereocenters. The Labute approximate surface area is 82.1 Å². The molecule has 0 fully saturated rings. The summed E-state index contributed by atoms with van der Waals surface area (Å²) in [7, 11) is 1.30. The molecular weight excluding hydrogens is 184 g/mol. The Balaban J connectivity index is 2.64. The lowest BCUT2D eigenvalue weighted by molar-refractivity contribution is -0.147. The van der Waals surface area contributed by atoms with Gasteiger partial charge in [-0.3, -0.25) is 0 Å². The molecule has 76 valence electrons. The minimum atomic E-state index is -0.679. The molecule has 0 spiro atoms. The third-order valence-corrected chi connectivity index (χ3v) is 1.66. The van der Waals surface area contributed by atoms with Crippen molar-refractivity contribution in [2.75, 3.05) is 7.11 Å². The van der Waals surface area contributed by atoms with E-state index in [1.165, 1.54) is 19.2 Å². The normalized spacial score (nSPS) is 11.9. The van der Waals surface area contributed by atoms with E-state index in [4.69, 9.17) is 9.84 Å². The summed E-state index contributed by atoms with van der Waals surface area (Å²) in [4.78, 5) is 11.0. The Kier molecular flexibility index (Phi) is 3.34. The van der Waals surface area contributed by atoms with E-state index in [1.54, 1.807) is 19.1 Å². The smallest absolute Gasteiger partial charge is 0.346 e. The predicted molar refractivity (Wildman–Crippen MR) is 50.2 cm³/mol. The summed E-state index contributed by atoms with van der Waals surface area (Å²) in [5, 5.41) is 9.13. The molecule has 0 aliphatic rings. The molecule has 1 rings (SSSR count). The molecule has 0 saturated carbocycles. The van der Waals surface area contributed by atoms with E-state index in [2.05, 4.69) is 4.74 Å². The van der Waals surface area contributed by atoms with Crippen molar-refractivity contribution >= 4 is 5.97 Å². The number of esters is 1. The van der Waals surface area contributed by atoms with Crippen LogP contribution >= 0.6 is 0 Å². The molecular formula is C10H12O4. The van der Waals surface area contributed by atoms with Crippen LogP contribution in [0.4, 0.5) is 0 Å². The van der Waals surface area contributed by atoms with Gasteiger partial charge in [-0.15, -0.1) is 0 Å². The number of methoxy groups -OCH3 is 1. The Morgan fingerprint density at radius 3 is 2.79 bits per heavy atom. The zero-order valence-corrected chi connectivity index (χ0v) is 8.06.